The smallest absolute Gasteiger partial charge is 0.325 e. The van der Waals surface area contributed by atoms with Crippen LogP contribution >= 0.6 is 0 Å². The van der Waals surface area contributed by atoms with Gasteiger partial charge in [0.1, 0.15) is 6.04 Å². The molecule has 70 valence electrons. The van der Waals surface area contributed by atoms with Gasteiger partial charge in [0.05, 0.1) is 19.8 Å². The lowest BCUT2D eigenvalue weighted by Crippen LogP contribution is -2.50. The molecule has 4 heteroatoms. The molecule has 0 bridgehead atoms. The molecule has 0 spiro atoms. The van der Waals surface area contributed by atoms with E-state index in [9.17, 15) is 4.79 Å². The predicted octanol–water partition coefficient (Wildman–Crippen LogP) is -0.122. The van der Waals surface area contributed by atoms with Crippen LogP contribution in [0.3, 0.4) is 0 Å². The number of morpholine rings is 1. The average molecular weight is 173 g/mol. The van der Waals surface area contributed by atoms with Crippen LogP contribution in [0.15, 0.2) is 0 Å². The van der Waals surface area contributed by atoms with Gasteiger partial charge in [0.25, 0.3) is 0 Å². The molecule has 1 rings (SSSR count). The Balaban J connectivity index is 2.50. The van der Waals surface area contributed by atoms with Crippen molar-refractivity contribution < 1.29 is 14.3 Å². The van der Waals surface area contributed by atoms with E-state index >= 15 is 0 Å². The molecule has 1 aliphatic heterocycles. The molecule has 2 unspecified atom stereocenters. The van der Waals surface area contributed by atoms with Gasteiger partial charge in [-0.2, -0.15) is 0 Å². The van der Waals surface area contributed by atoms with Crippen LogP contribution in [0.1, 0.15) is 6.92 Å². The Morgan fingerprint density at radius 1 is 1.67 bits per heavy atom. The minimum Gasteiger partial charge on any atom is -0.468 e. The summed E-state index contributed by atoms with van der Waals surface area (Å²) in [5, 5.41) is 0. The number of carbonyl (C=O) groups excluding carboxylic acids is 1. The van der Waals surface area contributed by atoms with Crippen LogP contribution in [0.5, 0.6) is 0 Å². The fourth-order valence-corrected chi connectivity index (χ4v) is 1.35. The second-order valence-corrected chi connectivity index (χ2v) is 3.12. The first kappa shape index (κ1) is 9.48. The summed E-state index contributed by atoms with van der Waals surface area (Å²) >= 11 is 0. The van der Waals surface area contributed by atoms with Gasteiger partial charge in [-0.15, -0.1) is 0 Å². The molecule has 0 N–H and O–H groups in total. The number of methoxy groups -OCH3 is 1. The fraction of sp³-hybridized carbons (Fsp3) is 0.875. The number of nitrogens with zero attached hydrogens (tertiary/aromatic N) is 1. The molecule has 1 fully saturated rings. The van der Waals surface area contributed by atoms with Crippen molar-refractivity contribution in [2.45, 2.75) is 19.1 Å². The zero-order valence-electron chi connectivity index (χ0n) is 7.74. The largest absolute Gasteiger partial charge is 0.468 e. The number of ether oxygens (including phenoxy) is 2. The molecule has 4 nitrogen and oxygen atoms in total. The van der Waals surface area contributed by atoms with Gasteiger partial charge in [0.2, 0.25) is 0 Å². The van der Waals surface area contributed by atoms with Crippen molar-refractivity contribution in [3.8, 4) is 0 Å². The zero-order chi connectivity index (χ0) is 9.14. The molecule has 0 radical (unpaired) electrons. The Morgan fingerprint density at radius 3 is 2.83 bits per heavy atom. The molecule has 1 aliphatic rings. The standard InChI is InChI=1S/C8H15NO3/c1-6-4-9(2)7(5-12-6)8(10)11-3/h6-7H,4-5H2,1-3H3. The molecular formula is C8H15NO3. The summed E-state index contributed by atoms with van der Waals surface area (Å²) < 4.78 is 9.98. The van der Waals surface area contributed by atoms with Gasteiger partial charge in [-0.1, -0.05) is 0 Å². The van der Waals surface area contributed by atoms with Crippen molar-refractivity contribution in [3.05, 3.63) is 0 Å². The topological polar surface area (TPSA) is 38.8 Å². The van der Waals surface area contributed by atoms with Gasteiger partial charge in [-0.25, -0.2) is 0 Å². The van der Waals surface area contributed by atoms with Gasteiger partial charge in [-0.05, 0) is 14.0 Å². The van der Waals surface area contributed by atoms with Crippen LogP contribution in [0.2, 0.25) is 0 Å². The SMILES string of the molecule is COC(=O)C1COC(C)CN1C. The summed E-state index contributed by atoms with van der Waals surface area (Å²) in [6, 6.07) is -0.230. The van der Waals surface area contributed by atoms with Gasteiger partial charge in [0, 0.05) is 6.54 Å². The lowest BCUT2D eigenvalue weighted by Gasteiger charge is -2.33. The maximum atomic E-state index is 11.1. The summed E-state index contributed by atoms with van der Waals surface area (Å²) in [7, 11) is 3.30. The van der Waals surface area contributed by atoms with E-state index < -0.39 is 0 Å². The highest BCUT2D eigenvalue weighted by atomic mass is 16.5. The molecule has 2 atom stereocenters. The van der Waals surface area contributed by atoms with Gasteiger partial charge < -0.3 is 9.47 Å². The highest BCUT2D eigenvalue weighted by Gasteiger charge is 2.29. The molecule has 12 heavy (non-hydrogen) atoms. The van der Waals surface area contributed by atoms with Crippen LogP contribution in [-0.2, 0) is 14.3 Å². The fourth-order valence-electron chi connectivity index (χ4n) is 1.35. The lowest BCUT2D eigenvalue weighted by atomic mass is 10.2. The Kier molecular flexibility index (Phi) is 3.05. The van der Waals surface area contributed by atoms with Crippen LogP contribution in [0.25, 0.3) is 0 Å². The molecular weight excluding hydrogens is 158 g/mol. The molecule has 1 heterocycles. The van der Waals surface area contributed by atoms with Crippen molar-refractivity contribution in [1.29, 1.82) is 0 Å². The number of rotatable bonds is 1. The van der Waals surface area contributed by atoms with Gasteiger partial charge in [-0.3, -0.25) is 9.69 Å². The third kappa shape index (κ3) is 1.95. The van der Waals surface area contributed by atoms with E-state index in [1.165, 1.54) is 7.11 Å². The number of likely N-dealkylation sites (N-methyl/N-ethyl adjacent to an activating group) is 1. The molecule has 0 aromatic carbocycles. The van der Waals surface area contributed by atoms with Crippen molar-refractivity contribution in [3.63, 3.8) is 0 Å². The summed E-state index contributed by atoms with van der Waals surface area (Å²) in [5.41, 5.74) is 0. The van der Waals surface area contributed by atoms with E-state index in [4.69, 9.17) is 4.74 Å². The Hall–Kier alpha value is -0.610. The van der Waals surface area contributed by atoms with Crippen LogP contribution in [0.4, 0.5) is 0 Å². The second kappa shape index (κ2) is 3.87. The zero-order valence-corrected chi connectivity index (χ0v) is 7.74. The average Bonchev–Trinajstić information content (AvgIpc) is 2.03. The van der Waals surface area contributed by atoms with Crippen LogP contribution < -0.4 is 0 Å². The summed E-state index contributed by atoms with van der Waals surface area (Å²) in [6.07, 6.45) is 0.205. The summed E-state index contributed by atoms with van der Waals surface area (Å²) in [5.74, 6) is -0.218. The quantitative estimate of drug-likeness (QED) is 0.518. The molecule has 1 saturated heterocycles. The van der Waals surface area contributed by atoms with E-state index in [1.807, 2.05) is 18.9 Å². The van der Waals surface area contributed by atoms with Gasteiger partial charge >= 0.3 is 5.97 Å². The molecule has 0 aromatic rings. The molecule has 0 saturated carbocycles. The lowest BCUT2D eigenvalue weighted by molar-refractivity contribution is -0.155. The minimum atomic E-state index is -0.230. The van der Waals surface area contributed by atoms with Crippen LogP contribution in [-0.4, -0.2) is 50.3 Å². The Bertz CT molecular complexity index is 172. The van der Waals surface area contributed by atoms with E-state index in [0.717, 1.165) is 6.54 Å². The third-order valence-corrected chi connectivity index (χ3v) is 2.09. The van der Waals surface area contributed by atoms with E-state index in [-0.39, 0.29) is 18.1 Å². The molecule has 0 aromatic heterocycles. The maximum Gasteiger partial charge on any atom is 0.325 e. The highest BCUT2D eigenvalue weighted by Crippen LogP contribution is 2.09. The number of carbonyl (C=O) groups is 1. The minimum absolute atomic E-state index is 0.205. The first-order chi connectivity index (χ1) is 5.65. The van der Waals surface area contributed by atoms with E-state index in [1.54, 1.807) is 0 Å². The normalized spacial score (nSPS) is 31.6. The number of hydrogen-bond donors (Lipinski definition) is 0. The number of hydrogen-bond acceptors (Lipinski definition) is 4. The summed E-state index contributed by atoms with van der Waals surface area (Å²) in [6.45, 7) is 3.20. The van der Waals surface area contributed by atoms with E-state index in [2.05, 4.69) is 4.74 Å². The Labute approximate surface area is 72.4 Å². The van der Waals surface area contributed by atoms with Crippen LogP contribution in [0, 0.1) is 0 Å². The second-order valence-electron chi connectivity index (χ2n) is 3.12. The third-order valence-electron chi connectivity index (χ3n) is 2.09. The monoisotopic (exact) mass is 173 g/mol. The first-order valence-corrected chi connectivity index (χ1v) is 4.05. The summed E-state index contributed by atoms with van der Waals surface area (Å²) in [4.78, 5) is 13.1. The van der Waals surface area contributed by atoms with Crippen molar-refractivity contribution in [2.24, 2.45) is 0 Å². The molecule has 0 amide bonds. The predicted molar refractivity (Wildman–Crippen MR) is 43.8 cm³/mol. The van der Waals surface area contributed by atoms with Crippen molar-refractivity contribution in [1.82, 2.24) is 4.90 Å². The molecule has 0 aliphatic carbocycles. The van der Waals surface area contributed by atoms with Gasteiger partial charge in [0.15, 0.2) is 0 Å². The van der Waals surface area contributed by atoms with E-state index in [0.29, 0.717) is 6.61 Å². The number of esters is 1. The van der Waals surface area contributed by atoms with Crippen molar-refractivity contribution in [2.75, 3.05) is 27.3 Å². The van der Waals surface area contributed by atoms with Crippen molar-refractivity contribution >= 4 is 5.97 Å². The Morgan fingerprint density at radius 2 is 2.33 bits per heavy atom. The highest BCUT2D eigenvalue weighted by molar-refractivity contribution is 5.75. The first-order valence-electron chi connectivity index (χ1n) is 4.05. The maximum absolute atomic E-state index is 11.1.